The molecule has 7 heteroatoms. The van der Waals surface area contributed by atoms with Gasteiger partial charge < -0.3 is 4.90 Å². The fourth-order valence-corrected chi connectivity index (χ4v) is 1.27. The van der Waals surface area contributed by atoms with Crippen LogP contribution in [0.25, 0.3) is 0 Å². The number of halogens is 5. The molecule has 0 saturated heterocycles. The minimum absolute atomic E-state index is 0.836. The standard InChI is InChI=1S/C12H12F5NO/c1-12(2,3)18(4)11(19)5-6(13)8(15)10(17)9(16)7(5)14/h1-4H3. The Kier molecular flexibility index (Phi) is 3.88. The largest absolute Gasteiger partial charge is 0.337 e. The van der Waals surface area contributed by atoms with Crippen molar-refractivity contribution in [2.75, 3.05) is 7.05 Å². The zero-order chi connectivity index (χ0) is 15.1. The minimum atomic E-state index is -2.29. The van der Waals surface area contributed by atoms with E-state index in [1.165, 1.54) is 7.05 Å². The second kappa shape index (κ2) is 4.79. The van der Waals surface area contributed by atoms with Gasteiger partial charge in [0, 0.05) is 12.6 Å². The van der Waals surface area contributed by atoms with Crippen LogP contribution < -0.4 is 0 Å². The van der Waals surface area contributed by atoms with Crippen LogP contribution in [-0.2, 0) is 0 Å². The molecule has 19 heavy (non-hydrogen) atoms. The molecular weight excluding hydrogens is 269 g/mol. The Labute approximate surface area is 106 Å². The highest BCUT2D eigenvalue weighted by molar-refractivity contribution is 5.95. The maximum absolute atomic E-state index is 13.4. The summed E-state index contributed by atoms with van der Waals surface area (Å²) < 4.78 is 65.7. The zero-order valence-electron chi connectivity index (χ0n) is 10.7. The summed E-state index contributed by atoms with van der Waals surface area (Å²) in [6, 6.07) is 0. The molecule has 0 atom stereocenters. The minimum Gasteiger partial charge on any atom is -0.337 e. The molecule has 0 bridgehead atoms. The van der Waals surface area contributed by atoms with Crippen LogP contribution in [0.1, 0.15) is 31.1 Å². The number of carbonyl (C=O) groups is 1. The second-order valence-corrected chi connectivity index (χ2v) is 4.98. The third kappa shape index (κ3) is 2.54. The molecule has 0 radical (unpaired) electrons. The predicted molar refractivity (Wildman–Crippen MR) is 58.1 cm³/mol. The summed E-state index contributed by atoms with van der Waals surface area (Å²) >= 11 is 0. The van der Waals surface area contributed by atoms with Crippen LogP contribution in [-0.4, -0.2) is 23.4 Å². The zero-order valence-corrected chi connectivity index (χ0v) is 10.7. The molecule has 0 aromatic heterocycles. The van der Waals surface area contributed by atoms with E-state index in [1.807, 2.05) is 0 Å². The summed E-state index contributed by atoms with van der Waals surface area (Å²) in [5, 5.41) is 0. The van der Waals surface area contributed by atoms with Crippen molar-refractivity contribution in [2.45, 2.75) is 26.3 Å². The van der Waals surface area contributed by atoms with Gasteiger partial charge in [0.2, 0.25) is 5.82 Å². The normalized spacial score (nSPS) is 11.6. The van der Waals surface area contributed by atoms with Gasteiger partial charge in [0.1, 0.15) is 5.56 Å². The molecule has 0 N–H and O–H groups in total. The van der Waals surface area contributed by atoms with Gasteiger partial charge in [-0.05, 0) is 20.8 Å². The van der Waals surface area contributed by atoms with Gasteiger partial charge >= 0.3 is 0 Å². The monoisotopic (exact) mass is 281 g/mol. The van der Waals surface area contributed by atoms with Gasteiger partial charge in [0.15, 0.2) is 23.3 Å². The van der Waals surface area contributed by atoms with E-state index >= 15 is 0 Å². The molecule has 106 valence electrons. The molecule has 0 aliphatic heterocycles. The van der Waals surface area contributed by atoms with E-state index < -0.39 is 46.1 Å². The number of amides is 1. The van der Waals surface area contributed by atoms with E-state index in [0.717, 1.165) is 4.90 Å². The Bertz CT molecular complexity index is 507. The van der Waals surface area contributed by atoms with Gasteiger partial charge in [-0.15, -0.1) is 0 Å². The maximum Gasteiger partial charge on any atom is 0.260 e. The van der Waals surface area contributed by atoms with Crippen LogP contribution >= 0.6 is 0 Å². The summed E-state index contributed by atoms with van der Waals surface area (Å²) in [5.74, 6) is -12.1. The molecule has 1 aromatic rings. The van der Waals surface area contributed by atoms with Crippen LogP contribution in [0.3, 0.4) is 0 Å². The lowest BCUT2D eigenvalue weighted by Crippen LogP contribution is -2.43. The first kappa shape index (κ1) is 15.4. The first-order chi connectivity index (χ1) is 8.50. The third-order valence-electron chi connectivity index (χ3n) is 2.73. The highest BCUT2D eigenvalue weighted by atomic mass is 19.2. The van der Waals surface area contributed by atoms with Crippen molar-refractivity contribution in [1.29, 1.82) is 0 Å². The molecule has 0 saturated carbocycles. The fourth-order valence-electron chi connectivity index (χ4n) is 1.27. The van der Waals surface area contributed by atoms with Crippen molar-refractivity contribution in [3.63, 3.8) is 0 Å². The van der Waals surface area contributed by atoms with Crippen molar-refractivity contribution < 1.29 is 26.7 Å². The number of nitrogens with zero attached hydrogens (tertiary/aromatic N) is 1. The Morgan fingerprint density at radius 1 is 0.842 bits per heavy atom. The van der Waals surface area contributed by atoms with E-state index in [1.54, 1.807) is 20.8 Å². The van der Waals surface area contributed by atoms with E-state index in [0.29, 0.717) is 0 Å². The molecule has 1 rings (SSSR count). The van der Waals surface area contributed by atoms with Gasteiger partial charge in [-0.1, -0.05) is 0 Å². The van der Waals surface area contributed by atoms with Crippen LogP contribution in [0.15, 0.2) is 0 Å². The Morgan fingerprint density at radius 3 is 1.47 bits per heavy atom. The van der Waals surface area contributed by atoms with Crippen molar-refractivity contribution in [1.82, 2.24) is 4.90 Å². The first-order valence-corrected chi connectivity index (χ1v) is 5.29. The topological polar surface area (TPSA) is 20.3 Å². The summed E-state index contributed by atoms with van der Waals surface area (Å²) in [6.45, 7) is 4.66. The lowest BCUT2D eigenvalue weighted by Gasteiger charge is -2.32. The highest BCUT2D eigenvalue weighted by Gasteiger charge is 2.33. The van der Waals surface area contributed by atoms with Crippen LogP contribution in [0, 0.1) is 29.1 Å². The van der Waals surface area contributed by atoms with Crippen LogP contribution in [0.5, 0.6) is 0 Å². The predicted octanol–water partition coefficient (Wildman–Crippen LogP) is 3.25. The highest BCUT2D eigenvalue weighted by Crippen LogP contribution is 2.25. The Balaban J connectivity index is 3.49. The number of rotatable bonds is 1. The van der Waals surface area contributed by atoms with Gasteiger partial charge in [-0.25, -0.2) is 22.0 Å². The number of hydrogen-bond acceptors (Lipinski definition) is 1. The van der Waals surface area contributed by atoms with Gasteiger partial charge in [-0.3, -0.25) is 4.79 Å². The number of carbonyl (C=O) groups excluding carboxylic acids is 1. The fraction of sp³-hybridized carbons (Fsp3) is 0.417. The van der Waals surface area contributed by atoms with Crippen molar-refractivity contribution in [3.05, 3.63) is 34.6 Å². The van der Waals surface area contributed by atoms with E-state index in [-0.39, 0.29) is 0 Å². The molecule has 0 spiro atoms. The molecule has 0 aliphatic carbocycles. The van der Waals surface area contributed by atoms with Gasteiger partial charge in [0.05, 0.1) is 0 Å². The molecule has 0 unspecified atom stereocenters. The summed E-state index contributed by atoms with van der Waals surface area (Å²) in [6.07, 6.45) is 0. The lowest BCUT2D eigenvalue weighted by molar-refractivity contribution is 0.0642. The summed E-state index contributed by atoms with van der Waals surface area (Å²) in [4.78, 5) is 12.7. The molecule has 2 nitrogen and oxygen atoms in total. The molecule has 0 heterocycles. The first-order valence-electron chi connectivity index (χ1n) is 5.29. The molecule has 0 aliphatic rings. The Morgan fingerprint density at radius 2 is 1.16 bits per heavy atom. The Hall–Kier alpha value is -1.66. The van der Waals surface area contributed by atoms with Crippen molar-refractivity contribution in [2.24, 2.45) is 0 Å². The average Bonchev–Trinajstić information content (AvgIpc) is 2.31. The molecule has 1 aromatic carbocycles. The van der Waals surface area contributed by atoms with Gasteiger partial charge in [-0.2, -0.15) is 0 Å². The summed E-state index contributed by atoms with van der Waals surface area (Å²) in [5.41, 5.74) is -2.29. The van der Waals surface area contributed by atoms with Crippen molar-refractivity contribution in [3.8, 4) is 0 Å². The quantitative estimate of drug-likeness (QED) is 0.439. The molecule has 0 fully saturated rings. The smallest absolute Gasteiger partial charge is 0.260 e. The summed E-state index contributed by atoms with van der Waals surface area (Å²) in [7, 11) is 1.21. The molecular formula is C12H12F5NO. The van der Waals surface area contributed by atoms with E-state index in [4.69, 9.17) is 0 Å². The number of hydrogen-bond donors (Lipinski definition) is 0. The maximum atomic E-state index is 13.4. The molecule has 1 amide bonds. The lowest BCUT2D eigenvalue weighted by atomic mass is 10.0. The van der Waals surface area contributed by atoms with Gasteiger partial charge in [0.25, 0.3) is 5.91 Å². The SMILES string of the molecule is CN(C(=O)c1c(F)c(F)c(F)c(F)c1F)C(C)(C)C. The second-order valence-electron chi connectivity index (χ2n) is 4.98. The van der Waals surface area contributed by atoms with E-state index in [2.05, 4.69) is 0 Å². The number of benzene rings is 1. The third-order valence-corrected chi connectivity index (χ3v) is 2.73. The van der Waals surface area contributed by atoms with Crippen molar-refractivity contribution >= 4 is 5.91 Å². The average molecular weight is 281 g/mol. The van der Waals surface area contributed by atoms with E-state index in [9.17, 15) is 26.7 Å². The van der Waals surface area contributed by atoms with Crippen LogP contribution in [0.2, 0.25) is 0 Å². The van der Waals surface area contributed by atoms with Crippen LogP contribution in [0.4, 0.5) is 22.0 Å².